The largest absolute Gasteiger partial charge is 0.348 e. The summed E-state index contributed by atoms with van der Waals surface area (Å²) < 4.78 is 1.85. The van der Waals surface area contributed by atoms with Gasteiger partial charge in [-0.05, 0) is 48.5 Å². The highest BCUT2D eigenvalue weighted by molar-refractivity contribution is 8.18. The van der Waals surface area contributed by atoms with Crippen LogP contribution >= 0.6 is 35.0 Å². The Labute approximate surface area is 234 Å². The highest BCUT2D eigenvalue weighted by Gasteiger charge is 2.36. The van der Waals surface area contributed by atoms with E-state index in [0.29, 0.717) is 20.5 Å². The summed E-state index contributed by atoms with van der Waals surface area (Å²) in [5.74, 6) is -0.548. The van der Waals surface area contributed by atoms with Gasteiger partial charge in [0.2, 0.25) is 5.91 Å². The number of para-hydroxylation sites is 1. The van der Waals surface area contributed by atoms with Crippen molar-refractivity contribution in [1.82, 2.24) is 14.8 Å². The molecule has 5 rings (SSSR count). The number of carbonyl (C=O) groups is 3. The first-order chi connectivity index (χ1) is 18.3. The van der Waals surface area contributed by atoms with E-state index in [4.69, 9.17) is 23.2 Å². The van der Waals surface area contributed by atoms with E-state index >= 15 is 0 Å². The minimum absolute atomic E-state index is 0.0119. The van der Waals surface area contributed by atoms with Crippen molar-refractivity contribution >= 4 is 69.0 Å². The molecular formula is C29H23Cl2N3O3S. The van der Waals surface area contributed by atoms with E-state index in [1.807, 2.05) is 72.3 Å². The Hall–Kier alpha value is -3.52. The molecular weight excluding hydrogens is 541 g/mol. The molecule has 3 amide bonds. The Balaban J connectivity index is 1.38. The highest BCUT2D eigenvalue weighted by Crippen LogP contribution is 2.36. The maximum absolute atomic E-state index is 13.2. The van der Waals surface area contributed by atoms with Gasteiger partial charge in [0.15, 0.2) is 0 Å². The first-order valence-corrected chi connectivity index (χ1v) is 13.5. The summed E-state index contributed by atoms with van der Waals surface area (Å²) in [5, 5.41) is 4.30. The van der Waals surface area contributed by atoms with Crippen molar-refractivity contribution in [2.45, 2.75) is 26.1 Å². The lowest BCUT2D eigenvalue weighted by atomic mass is 10.1. The molecule has 1 N–H and O–H groups in total. The number of aromatic nitrogens is 1. The fourth-order valence-corrected chi connectivity index (χ4v) is 5.75. The van der Waals surface area contributed by atoms with Crippen molar-refractivity contribution in [3.8, 4) is 0 Å². The molecule has 0 spiro atoms. The normalized spacial score (nSPS) is 15.4. The summed E-state index contributed by atoms with van der Waals surface area (Å²) in [6, 6.07) is 22.3. The SMILES string of the molecule is CC(NC(=O)Cn1cc(/C=C2\SC(=O)N(Cc3c(Cl)cccc3Cl)C2=O)c2ccccc21)c1ccccc1. The lowest BCUT2D eigenvalue weighted by Crippen LogP contribution is -2.29. The molecule has 1 aromatic heterocycles. The minimum atomic E-state index is -0.415. The van der Waals surface area contributed by atoms with Crippen LogP contribution in [0.3, 0.4) is 0 Å². The number of fused-ring (bicyclic) bond motifs is 1. The number of thioether (sulfide) groups is 1. The van der Waals surface area contributed by atoms with Gasteiger partial charge in [0.05, 0.1) is 17.5 Å². The standard InChI is InChI=1S/C29H23Cl2N3O3S/c1-18(19-8-3-2-4-9-19)32-27(35)17-33-15-20(21-10-5-6-13-25(21)33)14-26-28(36)34(29(37)38-26)16-22-23(30)11-7-12-24(22)31/h2-15,18H,16-17H2,1H3,(H,32,35)/b26-14-. The number of benzene rings is 3. The summed E-state index contributed by atoms with van der Waals surface area (Å²) in [4.78, 5) is 40.2. The second-order valence-corrected chi connectivity index (χ2v) is 10.7. The summed E-state index contributed by atoms with van der Waals surface area (Å²) in [5.41, 5.74) is 3.13. The van der Waals surface area contributed by atoms with Crippen molar-refractivity contribution < 1.29 is 14.4 Å². The van der Waals surface area contributed by atoms with Gasteiger partial charge < -0.3 is 9.88 Å². The maximum Gasteiger partial charge on any atom is 0.293 e. The van der Waals surface area contributed by atoms with E-state index in [9.17, 15) is 14.4 Å². The molecule has 1 aliphatic rings. The third-order valence-corrected chi connectivity index (χ3v) is 7.96. The lowest BCUT2D eigenvalue weighted by Gasteiger charge is -2.15. The number of hydrogen-bond acceptors (Lipinski definition) is 4. The van der Waals surface area contributed by atoms with Crippen LogP contribution < -0.4 is 5.32 Å². The van der Waals surface area contributed by atoms with Crippen molar-refractivity contribution in [3.63, 3.8) is 0 Å². The molecule has 38 heavy (non-hydrogen) atoms. The minimum Gasteiger partial charge on any atom is -0.348 e. The van der Waals surface area contributed by atoms with Crippen LogP contribution in [0.1, 0.15) is 29.7 Å². The topological polar surface area (TPSA) is 71.4 Å². The fourth-order valence-electron chi connectivity index (χ4n) is 4.41. The van der Waals surface area contributed by atoms with Gasteiger partial charge in [0, 0.05) is 38.3 Å². The summed E-state index contributed by atoms with van der Waals surface area (Å²) >= 11 is 13.4. The van der Waals surface area contributed by atoms with E-state index in [2.05, 4.69) is 5.32 Å². The van der Waals surface area contributed by atoms with Crippen molar-refractivity contribution in [1.29, 1.82) is 0 Å². The van der Waals surface area contributed by atoms with E-state index in [1.165, 1.54) is 0 Å². The molecule has 9 heteroatoms. The molecule has 1 aliphatic heterocycles. The summed E-state index contributed by atoms with van der Waals surface area (Å²) in [6.45, 7) is 2.04. The Kier molecular flexibility index (Phi) is 7.61. The molecule has 6 nitrogen and oxygen atoms in total. The van der Waals surface area contributed by atoms with Gasteiger partial charge in [-0.15, -0.1) is 0 Å². The average Bonchev–Trinajstić information content (AvgIpc) is 3.38. The molecule has 3 aromatic carbocycles. The monoisotopic (exact) mass is 563 g/mol. The average molecular weight is 564 g/mol. The number of hydrogen-bond donors (Lipinski definition) is 1. The zero-order chi connectivity index (χ0) is 26.8. The second-order valence-electron chi connectivity index (χ2n) is 8.90. The van der Waals surface area contributed by atoms with Crippen LogP contribution in [0.15, 0.2) is 83.9 Å². The van der Waals surface area contributed by atoms with Gasteiger partial charge in [0.25, 0.3) is 11.1 Å². The Morgan fingerprint density at radius 3 is 2.39 bits per heavy atom. The van der Waals surface area contributed by atoms with E-state index in [-0.39, 0.29) is 25.0 Å². The number of amides is 3. The first-order valence-electron chi connectivity index (χ1n) is 11.9. The van der Waals surface area contributed by atoms with Crippen LogP contribution in [0, 0.1) is 0 Å². The summed E-state index contributed by atoms with van der Waals surface area (Å²) in [6.07, 6.45) is 3.53. The smallest absolute Gasteiger partial charge is 0.293 e. The quantitative estimate of drug-likeness (QED) is 0.244. The van der Waals surface area contributed by atoms with Gasteiger partial charge in [0.1, 0.15) is 6.54 Å². The molecule has 192 valence electrons. The molecule has 0 radical (unpaired) electrons. The third-order valence-electron chi connectivity index (χ3n) is 6.35. The number of imide groups is 1. The molecule has 0 aliphatic carbocycles. The van der Waals surface area contributed by atoms with Gasteiger partial charge in [-0.1, -0.05) is 77.8 Å². The van der Waals surface area contributed by atoms with Crippen LogP contribution in [0.25, 0.3) is 17.0 Å². The zero-order valence-electron chi connectivity index (χ0n) is 20.4. The van der Waals surface area contributed by atoms with Crippen LogP contribution in [-0.2, 0) is 22.7 Å². The predicted octanol–water partition coefficient (Wildman–Crippen LogP) is 7.06. The summed E-state index contributed by atoms with van der Waals surface area (Å²) in [7, 11) is 0. The zero-order valence-corrected chi connectivity index (χ0v) is 22.7. The molecule has 1 saturated heterocycles. The van der Waals surface area contributed by atoms with Crippen LogP contribution in [0.5, 0.6) is 0 Å². The lowest BCUT2D eigenvalue weighted by molar-refractivity contribution is -0.123. The van der Waals surface area contributed by atoms with E-state index < -0.39 is 11.1 Å². The maximum atomic E-state index is 13.2. The molecule has 1 fully saturated rings. The Morgan fingerprint density at radius 1 is 0.974 bits per heavy atom. The molecule has 2 heterocycles. The fraction of sp³-hybridized carbons (Fsp3) is 0.138. The third kappa shape index (κ3) is 5.36. The van der Waals surface area contributed by atoms with Gasteiger partial charge in [-0.25, -0.2) is 0 Å². The molecule has 0 bridgehead atoms. The highest BCUT2D eigenvalue weighted by atomic mass is 35.5. The van der Waals surface area contributed by atoms with Crippen molar-refractivity contribution in [2.75, 3.05) is 0 Å². The number of nitrogens with zero attached hydrogens (tertiary/aromatic N) is 2. The van der Waals surface area contributed by atoms with Gasteiger partial charge in [-0.3, -0.25) is 19.3 Å². The number of carbonyl (C=O) groups excluding carboxylic acids is 3. The second kappa shape index (κ2) is 11.1. The Bertz CT molecular complexity index is 1560. The molecule has 4 aromatic rings. The number of nitrogens with one attached hydrogen (secondary N) is 1. The Morgan fingerprint density at radius 2 is 1.66 bits per heavy atom. The van der Waals surface area contributed by atoms with Crippen LogP contribution in [0.4, 0.5) is 4.79 Å². The van der Waals surface area contributed by atoms with Crippen LogP contribution in [0.2, 0.25) is 10.0 Å². The molecule has 1 atom stereocenters. The first kappa shape index (κ1) is 26.1. The number of halogens is 2. The van der Waals surface area contributed by atoms with Gasteiger partial charge >= 0.3 is 0 Å². The number of rotatable bonds is 7. The van der Waals surface area contributed by atoms with Crippen molar-refractivity contribution in [2.24, 2.45) is 0 Å². The van der Waals surface area contributed by atoms with E-state index in [0.717, 1.165) is 38.7 Å². The molecule has 1 unspecified atom stereocenters. The van der Waals surface area contributed by atoms with Crippen LogP contribution in [-0.4, -0.2) is 26.5 Å². The molecule has 0 saturated carbocycles. The van der Waals surface area contributed by atoms with Crippen molar-refractivity contribution in [3.05, 3.63) is 111 Å². The van der Waals surface area contributed by atoms with Gasteiger partial charge in [-0.2, -0.15) is 0 Å². The van der Waals surface area contributed by atoms with E-state index in [1.54, 1.807) is 24.3 Å². The predicted molar refractivity (Wildman–Crippen MR) is 153 cm³/mol.